The van der Waals surface area contributed by atoms with Crippen LogP contribution in [-0.2, 0) is 17.9 Å². The van der Waals surface area contributed by atoms with Crippen LogP contribution in [-0.4, -0.2) is 41.0 Å². The number of carboxylic acid groups (broad SMARTS) is 1. The van der Waals surface area contributed by atoms with Crippen LogP contribution in [0.4, 0.5) is 5.69 Å². The van der Waals surface area contributed by atoms with Crippen LogP contribution in [0.1, 0.15) is 15.9 Å². The number of nitrogens with zero attached hydrogens (tertiary/aromatic N) is 4. The first-order valence-corrected chi connectivity index (χ1v) is 9.77. The van der Waals surface area contributed by atoms with Crippen molar-refractivity contribution in [1.29, 1.82) is 0 Å². The van der Waals surface area contributed by atoms with Gasteiger partial charge in [-0.15, -0.1) is 0 Å². The Bertz CT molecular complexity index is 1550. The molecule has 0 unspecified atom stereocenters. The topological polar surface area (TPSA) is 182 Å². The number of carbonyl (C=O) groups is 2. The van der Waals surface area contributed by atoms with Crippen LogP contribution in [0, 0.1) is 10.1 Å². The fourth-order valence-corrected chi connectivity index (χ4v) is 3.41. The van der Waals surface area contributed by atoms with Crippen LogP contribution in [0.15, 0.2) is 64.7 Å². The minimum Gasteiger partial charge on any atom is -0.480 e. The Morgan fingerprint density at radius 3 is 2.59 bits per heavy atom. The molecule has 0 atom stereocenters. The van der Waals surface area contributed by atoms with E-state index >= 15 is 0 Å². The van der Waals surface area contributed by atoms with E-state index in [0.717, 1.165) is 16.2 Å². The number of aromatic nitrogens is 4. The summed E-state index contributed by atoms with van der Waals surface area (Å²) in [5, 5.41) is 23.6. The maximum atomic E-state index is 12.5. The molecule has 172 valence electrons. The minimum absolute atomic E-state index is 0.0232. The molecule has 4 rings (SSSR count). The fraction of sp³-hybridized carbons (Fsp3) is 0.0952. The predicted octanol–water partition coefficient (Wildman–Crippen LogP) is 0.798. The second kappa shape index (κ2) is 8.82. The first-order chi connectivity index (χ1) is 16.2. The molecule has 0 saturated heterocycles. The molecule has 0 aliphatic heterocycles. The molecule has 0 aliphatic rings. The molecule has 13 nitrogen and oxygen atoms in total. The third kappa shape index (κ3) is 4.29. The zero-order valence-electron chi connectivity index (χ0n) is 17.3. The number of H-pyrrole nitrogens is 1. The van der Waals surface area contributed by atoms with Gasteiger partial charge < -0.3 is 20.0 Å². The summed E-state index contributed by atoms with van der Waals surface area (Å²) in [6.45, 7) is -0.567. The van der Waals surface area contributed by atoms with Crippen LogP contribution in [0.25, 0.3) is 16.7 Å². The fourth-order valence-electron chi connectivity index (χ4n) is 3.41. The summed E-state index contributed by atoms with van der Waals surface area (Å²) >= 11 is 0. The summed E-state index contributed by atoms with van der Waals surface area (Å²) in [4.78, 5) is 65.0. The first kappa shape index (κ1) is 22.1. The molecular formula is C21H16N6O7. The van der Waals surface area contributed by atoms with Gasteiger partial charge >= 0.3 is 17.1 Å². The second-order valence-electron chi connectivity index (χ2n) is 7.20. The van der Waals surface area contributed by atoms with Gasteiger partial charge in [-0.1, -0.05) is 0 Å². The van der Waals surface area contributed by atoms with E-state index < -0.39 is 40.2 Å². The molecule has 0 saturated carbocycles. The lowest BCUT2D eigenvalue weighted by Crippen LogP contribution is -2.37. The Kier molecular flexibility index (Phi) is 5.74. The van der Waals surface area contributed by atoms with E-state index in [-0.39, 0.29) is 28.8 Å². The molecule has 1 amide bonds. The molecular weight excluding hydrogens is 448 g/mol. The van der Waals surface area contributed by atoms with Crippen molar-refractivity contribution in [1.82, 2.24) is 24.4 Å². The lowest BCUT2D eigenvalue weighted by Gasteiger charge is -2.11. The highest BCUT2D eigenvalue weighted by Crippen LogP contribution is 2.28. The number of aromatic amines is 1. The van der Waals surface area contributed by atoms with Gasteiger partial charge in [0.15, 0.2) is 0 Å². The molecule has 0 radical (unpaired) electrons. The lowest BCUT2D eigenvalue weighted by atomic mass is 10.2. The summed E-state index contributed by atoms with van der Waals surface area (Å²) in [6.07, 6.45) is 5.96. The molecule has 0 spiro atoms. The largest absolute Gasteiger partial charge is 0.480 e. The number of hydrogen-bond donors (Lipinski definition) is 3. The Morgan fingerprint density at radius 1 is 1.18 bits per heavy atom. The number of aliphatic carboxylic acids is 1. The Labute approximate surface area is 189 Å². The van der Waals surface area contributed by atoms with Crippen molar-refractivity contribution in [3.63, 3.8) is 0 Å². The van der Waals surface area contributed by atoms with Gasteiger partial charge in [-0.05, 0) is 29.8 Å². The third-order valence-electron chi connectivity index (χ3n) is 5.00. The van der Waals surface area contributed by atoms with Crippen molar-refractivity contribution in [3.05, 3.63) is 97.1 Å². The molecule has 3 aromatic heterocycles. The van der Waals surface area contributed by atoms with Crippen LogP contribution >= 0.6 is 0 Å². The van der Waals surface area contributed by atoms with Crippen molar-refractivity contribution in [2.45, 2.75) is 13.1 Å². The molecule has 4 aromatic rings. The number of carbonyl (C=O) groups excluding carboxylic acids is 1. The number of fused-ring (bicyclic) bond motifs is 1. The maximum Gasteiger partial charge on any atom is 0.323 e. The van der Waals surface area contributed by atoms with Gasteiger partial charge in [0.1, 0.15) is 12.2 Å². The molecule has 3 N–H and O–H groups in total. The van der Waals surface area contributed by atoms with Crippen LogP contribution < -0.4 is 16.4 Å². The number of nitro groups is 1. The standard InChI is InChI=1S/C21H16N6O7/c28-18(29)11-26-15-8-16(17(27(33)34)7-14(15)24-20(31)21(26)32)25-6-3-13(10-25)19(30)23-9-12-1-4-22-5-2-12/h1-8,10H,9,11H2,(H,23,30)(H,24,31)(H,28,29). The van der Waals surface area contributed by atoms with Gasteiger partial charge in [-0.2, -0.15) is 0 Å². The summed E-state index contributed by atoms with van der Waals surface area (Å²) < 4.78 is 2.02. The number of pyridine rings is 1. The van der Waals surface area contributed by atoms with E-state index in [0.29, 0.717) is 0 Å². The zero-order valence-corrected chi connectivity index (χ0v) is 17.3. The van der Waals surface area contributed by atoms with Crippen LogP contribution in [0.5, 0.6) is 0 Å². The van der Waals surface area contributed by atoms with Crippen LogP contribution in [0.2, 0.25) is 0 Å². The van der Waals surface area contributed by atoms with Gasteiger partial charge in [0, 0.05) is 37.4 Å². The van der Waals surface area contributed by atoms with Crippen LogP contribution in [0.3, 0.4) is 0 Å². The number of amides is 1. The normalized spacial score (nSPS) is 10.8. The van der Waals surface area contributed by atoms with Gasteiger partial charge in [0.05, 0.1) is 21.5 Å². The summed E-state index contributed by atoms with van der Waals surface area (Å²) in [5.41, 5.74) is -1.73. The molecule has 34 heavy (non-hydrogen) atoms. The SMILES string of the molecule is O=C(O)Cn1c(=O)c(=O)[nH]c2cc([N+](=O)[O-])c(-n3ccc(C(=O)NCc4ccncc4)c3)cc21. The lowest BCUT2D eigenvalue weighted by molar-refractivity contribution is -0.384. The number of benzene rings is 1. The van der Waals surface area contributed by atoms with Gasteiger partial charge in [0.2, 0.25) is 0 Å². The monoisotopic (exact) mass is 464 g/mol. The van der Waals surface area contributed by atoms with E-state index in [2.05, 4.69) is 15.3 Å². The van der Waals surface area contributed by atoms with Gasteiger partial charge in [-0.3, -0.25) is 38.8 Å². The number of nitro benzene ring substituents is 1. The minimum atomic E-state index is -1.37. The Morgan fingerprint density at radius 2 is 1.91 bits per heavy atom. The maximum absolute atomic E-state index is 12.5. The highest BCUT2D eigenvalue weighted by atomic mass is 16.6. The van der Waals surface area contributed by atoms with Gasteiger partial charge in [-0.25, -0.2) is 0 Å². The van der Waals surface area contributed by atoms with E-state index in [1.54, 1.807) is 24.5 Å². The van der Waals surface area contributed by atoms with Crippen molar-refractivity contribution < 1.29 is 19.6 Å². The van der Waals surface area contributed by atoms with E-state index in [1.807, 2.05) is 0 Å². The highest BCUT2D eigenvalue weighted by molar-refractivity contribution is 5.94. The molecule has 1 aromatic carbocycles. The summed E-state index contributed by atoms with van der Waals surface area (Å²) in [5.74, 6) is -1.80. The molecule has 0 fully saturated rings. The Balaban J connectivity index is 1.76. The van der Waals surface area contributed by atoms with Crippen molar-refractivity contribution >= 4 is 28.6 Å². The highest BCUT2D eigenvalue weighted by Gasteiger charge is 2.21. The smallest absolute Gasteiger partial charge is 0.323 e. The number of hydrogen-bond acceptors (Lipinski definition) is 7. The second-order valence-corrected chi connectivity index (χ2v) is 7.20. The molecule has 3 heterocycles. The summed E-state index contributed by atoms with van der Waals surface area (Å²) in [6, 6.07) is 7.18. The van der Waals surface area contributed by atoms with Crippen molar-refractivity contribution in [2.24, 2.45) is 0 Å². The average Bonchev–Trinajstić information content (AvgIpc) is 3.30. The first-order valence-electron chi connectivity index (χ1n) is 9.77. The molecule has 0 aliphatic carbocycles. The van der Waals surface area contributed by atoms with E-state index in [4.69, 9.17) is 5.11 Å². The molecule has 0 bridgehead atoms. The third-order valence-corrected chi connectivity index (χ3v) is 5.00. The molecule has 13 heteroatoms. The zero-order chi connectivity index (χ0) is 24.4. The average molecular weight is 464 g/mol. The van der Waals surface area contributed by atoms with E-state index in [9.17, 15) is 29.3 Å². The van der Waals surface area contributed by atoms with Gasteiger partial charge in [0.25, 0.3) is 11.6 Å². The number of nitrogens with one attached hydrogen (secondary N) is 2. The van der Waals surface area contributed by atoms with Crippen molar-refractivity contribution in [3.8, 4) is 5.69 Å². The predicted molar refractivity (Wildman–Crippen MR) is 118 cm³/mol. The number of rotatable bonds is 7. The van der Waals surface area contributed by atoms with Crippen molar-refractivity contribution in [2.75, 3.05) is 0 Å². The Hall–Kier alpha value is -5.07. The quantitative estimate of drug-likeness (QED) is 0.204. The van der Waals surface area contributed by atoms with E-state index in [1.165, 1.54) is 29.1 Å². The number of carboxylic acids is 1. The summed E-state index contributed by atoms with van der Waals surface area (Å²) in [7, 11) is 0.